The van der Waals surface area contributed by atoms with Crippen LogP contribution < -0.4 is 5.69 Å². The van der Waals surface area contributed by atoms with Gasteiger partial charge in [0.2, 0.25) is 0 Å². The van der Waals surface area contributed by atoms with Crippen LogP contribution in [0.4, 0.5) is 0 Å². The van der Waals surface area contributed by atoms with Crippen molar-refractivity contribution in [3.05, 3.63) is 58.0 Å². The zero-order valence-electron chi connectivity index (χ0n) is 15.0. The van der Waals surface area contributed by atoms with E-state index in [1.165, 1.54) is 31.2 Å². The first kappa shape index (κ1) is 15.7. The Bertz CT molecular complexity index is 1050. The summed E-state index contributed by atoms with van der Waals surface area (Å²) in [5, 5.41) is 1.07. The third kappa shape index (κ3) is 2.81. The fourth-order valence-corrected chi connectivity index (χ4v) is 3.74. The number of aromatic nitrogens is 4. The molecular weight excluding hydrogens is 324 g/mol. The van der Waals surface area contributed by atoms with Crippen molar-refractivity contribution in [1.29, 1.82) is 0 Å². The number of nitrogens with zero attached hydrogens (tertiary/aromatic N) is 4. The van der Waals surface area contributed by atoms with Crippen molar-refractivity contribution in [2.75, 3.05) is 0 Å². The third-order valence-corrected chi connectivity index (χ3v) is 5.60. The van der Waals surface area contributed by atoms with Gasteiger partial charge in [0.1, 0.15) is 0 Å². The number of aryl methyl sites for hydroxylation is 2. The number of fused-ring (bicyclic) bond motifs is 1. The number of hydrogen-bond acceptors (Lipinski definition) is 4. The van der Waals surface area contributed by atoms with Crippen LogP contribution in [0.5, 0.6) is 0 Å². The SMILES string of the molecule is Cc1nccnc1-n1c(=O)nc(CCC2CC2)c2ccc(C3CC3)cc21. The van der Waals surface area contributed by atoms with Crippen LogP contribution in [-0.2, 0) is 6.42 Å². The van der Waals surface area contributed by atoms with E-state index < -0.39 is 0 Å². The molecule has 132 valence electrons. The topological polar surface area (TPSA) is 60.7 Å². The molecule has 0 bridgehead atoms. The molecule has 0 spiro atoms. The standard InChI is InChI=1S/C21H22N4O/c1-13-20(23-11-10-22-13)25-19-12-16(15-5-6-15)7-8-17(19)18(24-21(25)26)9-4-14-2-3-14/h7-8,10-12,14-15H,2-6,9H2,1H3. The molecule has 2 saturated carbocycles. The summed E-state index contributed by atoms with van der Waals surface area (Å²) in [5.41, 5.74) is 3.65. The first-order chi connectivity index (χ1) is 12.7. The van der Waals surface area contributed by atoms with E-state index in [2.05, 4.69) is 33.2 Å². The van der Waals surface area contributed by atoms with E-state index >= 15 is 0 Å². The highest BCUT2D eigenvalue weighted by Gasteiger charge is 2.26. The minimum absolute atomic E-state index is 0.250. The minimum Gasteiger partial charge on any atom is -0.256 e. The highest BCUT2D eigenvalue weighted by Crippen LogP contribution is 2.41. The lowest BCUT2D eigenvalue weighted by molar-refractivity contribution is 0.710. The van der Waals surface area contributed by atoms with Crippen LogP contribution >= 0.6 is 0 Å². The van der Waals surface area contributed by atoms with E-state index in [4.69, 9.17) is 0 Å². The zero-order chi connectivity index (χ0) is 17.7. The van der Waals surface area contributed by atoms with Crippen LogP contribution in [0.1, 0.15) is 55.0 Å². The van der Waals surface area contributed by atoms with E-state index in [0.29, 0.717) is 11.7 Å². The first-order valence-electron chi connectivity index (χ1n) is 9.54. The second-order valence-electron chi connectivity index (χ2n) is 7.67. The molecule has 2 heterocycles. The quantitative estimate of drug-likeness (QED) is 0.707. The Morgan fingerprint density at radius 1 is 1.12 bits per heavy atom. The van der Waals surface area contributed by atoms with Crippen LogP contribution in [-0.4, -0.2) is 19.5 Å². The van der Waals surface area contributed by atoms with Crippen molar-refractivity contribution in [3.8, 4) is 5.82 Å². The molecule has 2 aliphatic carbocycles. The Morgan fingerprint density at radius 3 is 2.65 bits per heavy atom. The van der Waals surface area contributed by atoms with Crippen molar-refractivity contribution < 1.29 is 0 Å². The van der Waals surface area contributed by atoms with E-state index in [-0.39, 0.29) is 5.69 Å². The predicted molar refractivity (Wildman–Crippen MR) is 101 cm³/mol. The molecular formula is C21H22N4O. The fraction of sp³-hybridized carbons (Fsp3) is 0.429. The molecule has 2 aromatic heterocycles. The summed E-state index contributed by atoms with van der Waals surface area (Å²) in [6, 6.07) is 6.53. The molecule has 1 aromatic carbocycles. The number of hydrogen-bond donors (Lipinski definition) is 0. The lowest BCUT2D eigenvalue weighted by atomic mass is 10.0. The fourth-order valence-electron chi connectivity index (χ4n) is 3.74. The molecule has 5 rings (SSSR count). The van der Waals surface area contributed by atoms with Gasteiger partial charge < -0.3 is 0 Å². The van der Waals surface area contributed by atoms with E-state index in [0.717, 1.165) is 41.1 Å². The normalized spacial score (nSPS) is 17.0. The van der Waals surface area contributed by atoms with Gasteiger partial charge in [0.05, 0.1) is 16.9 Å². The van der Waals surface area contributed by atoms with E-state index in [9.17, 15) is 4.79 Å². The molecule has 3 aromatic rings. The van der Waals surface area contributed by atoms with Gasteiger partial charge in [-0.05, 0) is 56.1 Å². The molecule has 0 N–H and O–H groups in total. The highest BCUT2D eigenvalue weighted by atomic mass is 16.1. The average Bonchev–Trinajstić information content (AvgIpc) is 3.54. The van der Waals surface area contributed by atoms with Gasteiger partial charge in [-0.25, -0.2) is 14.3 Å². The van der Waals surface area contributed by atoms with Crippen LogP contribution in [0.15, 0.2) is 35.4 Å². The van der Waals surface area contributed by atoms with Crippen molar-refractivity contribution in [2.45, 2.75) is 51.4 Å². The summed E-state index contributed by atoms with van der Waals surface area (Å²) in [5.74, 6) is 2.04. The summed E-state index contributed by atoms with van der Waals surface area (Å²) >= 11 is 0. The summed E-state index contributed by atoms with van der Waals surface area (Å²) in [6.45, 7) is 1.88. The van der Waals surface area contributed by atoms with Gasteiger partial charge >= 0.3 is 5.69 Å². The molecule has 5 heteroatoms. The summed E-state index contributed by atoms with van der Waals surface area (Å²) in [6.07, 6.45) is 10.4. The Hall–Kier alpha value is -2.56. The minimum atomic E-state index is -0.250. The van der Waals surface area contributed by atoms with Gasteiger partial charge in [0, 0.05) is 17.8 Å². The van der Waals surface area contributed by atoms with Crippen molar-refractivity contribution >= 4 is 10.9 Å². The zero-order valence-corrected chi connectivity index (χ0v) is 15.0. The molecule has 0 radical (unpaired) electrons. The smallest absolute Gasteiger partial charge is 0.256 e. The molecule has 0 unspecified atom stereocenters. The van der Waals surface area contributed by atoms with Crippen LogP contribution in [0.25, 0.3) is 16.7 Å². The summed E-state index contributed by atoms with van der Waals surface area (Å²) < 4.78 is 1.64. The summed E-state index contributed by atoms with van der Waals surface area (Å²) in [4.78, 5) is 26.1. The van der Waals surface area contributed by atoms with E-state index in [1.54, 1.807) is 17.0 Å². The second-order valence-corrected chi connectivity index (χ2v) is 7.67. The largest absolute Gasteiger partial charge is 0.354 e. The monoisotopic (exact) mass is 346 g/mol. The Morgan fingerprint density at radius 2 is 1.92 bits per heavy atom. The van der Waals surface area contributed by atoms with Crippen LogP contribution in [0, 0.1) is 12.8 Å². The Kier molecular flexibility index (Phi) is 3.62. The van der Waals surface area contributed by atoms with Gasteiger partial charge in [0.25, 0.3) is 0 Å². The molecule has 0 saturated heterocycles. The first-order valence-corrected chi connectivity index (χ1v) is 9.54. The van der Waals surface area contributed by atoms with Gasteiger partial charge in [-0.15, -0.1) is 0 Å². The number of rotatable bonds is 5. The molecule has 5 nitrogen and oxygen atoms in total. The molecule has 2 fully saturated rings. The average molecular weight is 346 g/mol. The Labute approximate surface area is 152 Å². The van der Waals surface area contributed by atoms with Crippen LogP contribution in [0.2, 0.25) is 0 Å². The van der Waals surface area contributed by atoms with Crippen molar-refractivity contribution in [3.63, 3.8) is 0 Å². The predicted octanol–water partition coefficient (Wildman–Crippen LogP) is 3.70. The van der Waals surface area contributed by atoms with Gasteiger partial charge in [-0.3, -0.25) is 4.98 Å². The van der Waals surface area contributed by atoms with E-state index in [1.807, 2.05) is 6.92 Å². The molecule has 2 aliphatic rings. The molecule has 0 aliphatic heterocycles. The van der Waals surface area contributed by atoms with Gasteiger partial charge in [0.15, 0.2) is 5.82 Å². The second kappa shape index (κ2) is 6.01. The molecule has 0 amide bonds. The van der Waals surface area contributed by atoms with Gasteiger partial charge in [-0.1, -0.05) is 25.0 Å². The maximum Gasteiger partial charge on any atom is 0.354 e. The highest BCUT2D eigenvalue weighted by molar-refractivity contribution is 5.83. The van der Waals surface area contributed by atoms with Crippen molar-refractivity contribution in [2.24, 2.45) is 5.92 Å². The lowest BCUT2D eigenvalue weighted by Gasteiger charge is -2.14. The van der Waals surface area contributed by atoms with Crippen molar-refractivity contribution in [1.82, 2.24) is 19.5 Å². The molecule has 0 atom stereocenters. The van der Waals surface area contributed by atoms with Gasteiger partial charge in [-0.2, -0.15) is 4.98 Å². The maximum absolute atomic E-state index is 12.9. The lowest BCUT2D eigenvalue weighted by Crippen LogP contribution is -2.25. The third-order valence-electron chi connectivity index (χ3n) is 5.60. The summed E-state index contributed by atoms with van der Waals surface area (Å²) in [7, 11) is 0. The Balaban J connectivity index is 1.73. The number of benzene rings is 1. The molecule has 26 heavy (non-hydrogen) atoms. The maximum atomic E-state index is 12.9. The van der Waals surface area contributed by atoms with Crippen LogP contribution in [0.3, 0.4) is 0 Å².